The molecule has 1 amide bonds. The van der Waals surface area contributed by atoms with E-state index in [1.54, 1.807) is 6.07 Å². The van der Waals surface area contributed by atoms with Gasteiger partial charge < -0.3 is 11.1 Å². The second kappa shape index (κ2) is 6.20. The molecule has 18 heavy (non-hydrogen) atoms. The fourth-order valence-electron chi connectivity index (χ4n) is 1.32. The number of carbonyl (C=O) groups is 1. The second-order valence-electron chi connectivity index (χ2n) is 4.99. The molecule has 0 aliphatic rings. The van der Waals surface area contributed by atoms with Gasteiger partial charge in [-0.2, -0.15) is 11.8 Å². The Morgan fingerprint density at radius 1 is 1.50 bits per heavy atom. The van der Waals surface area contributed by atoms with E-state index in [0.717, 1.165) is 5.56 Å². The highest BCUT2D eigenvalue weighted by molar-refractivity contribution is 8.00. The topological polar surface area (TPSA) is 55.1 Å². The quantitative estimate of drug-likeness (QED) is 0.864. The number of hydrogen-bond acceptors (Lipinski definition) is 3. The van der Waals surface area contributed by atoms with E-state index < -0.39 is 0 Å². The lowest BCUT2D eigenvalue weighted by Gasteiger charge is -2.17. The van der Waals surface area contributed by atoms with E-state index in [2.05, 4.69) is 5.32 Å². The van der Waals surface area contributed by atoms with Crippen LogP contribution >= 0.6 is 11.8 Å². The molecule has 0 fully saturated rings. The average molecular weight is 270 g/mol. The van der Waals surface area contributed by atoms with Crippen molar-refractivity contribution < 1.29 is 9.18 Å². The Hall–Kier alpha value is -1.07. The molecular weight excluding hydrogens is 251 g/mol. The van der Waals surface area contributed by atoms with Gasteiger partial charge >= 0.3 is 0 Å². The van der Waals surface area contributed by atoms with Crippen molar-refractivity contribution in [3.05, 3.63) is 29.6 Å². The number of halogens is 1. The number of benzene rings is 1. The minimum Gasteiger partial charge on any atom is -0.325 e. The Balaban J connectivity index is 2.47. The first kappa shape index (κ1) is 15.0. The summed E-state index contributed by atoms with van der Waals surface area (Å²) in [6, 6.07) is 4.34. The number of aryl methyl sites for hydroxylation is 1. The Bertz CT molecular complexity index is 429. The van der Waals surface area contributed by atoms with Crippen molar-refractivity contribution in [2.75, 3.05) is 16.8 Å². The van der Waals surface area contributed by atoms with Gasteiger partial charge in [-0.3, -0.25) is 4.79 Å². The smallest absolute Gasteiger partial charge is 0.234 e. The van der Waals surface area contributed by atoms with Gasteiger partial charge in [-0.05, 0) is 38.5 Å². The number of nitrogens with two attached hydrogens (primary N) is 1. The largest absolute Gasteiger partial charge is 0.325 e. The van der Waals surface area contributed by atoms with Crippen LogP contribution in [-0.2, 0) is 4.79 Å². The zero-order valence-electron chi connectivity index (χ0n) is 10.9. The second-order valence-corrected chi connectivity index (χ2v) is 5.97. The molecule has 0 atom stereocenters. The van der Waals surface area contributed by atoms with Gasteiger partial charge in [0.25, 0.3) is 0 Å². The Labute approximate surface area is 111 Å². The Morgan fingerprint density at radius 2 is 2.17 bits per heavy atom. The number of hydrogen-bond donors (Lipinski definition) is 2. The summed E-state index contributed by atoms with van der Waals surface area (Å²) in [5, 5.41) is 2.70. The number of thioether (sulfide) groups is 1. The third kappa shape index (κ3) is 5.51. The van der Waals surface area contributed by atoms with E-state index in [9.17, 15) is 9.18 Å². The average Bonchev–Trinajstić information content (AvgIpc) is 2.21. The number of rotatable bonds is 5. The van der Waals surface area contributed by atoms with Crippen molar-refractivity contribution in [3.63, 3.8) is 0 Å². The standard InChI is InChI=1S/C13H19FN2OS/c1-9-4-5-10(14)6-11(9)16-12(17)7-18-8-13(2,3)15/h4-6H,7-8,15H2,1-3H3,(H,16,17). The maximum Gasteiger partial charge on any atom is 0.234 e. The zero-order chi connectivity index (χ0) is 13.8. The highest BCUT2D eigenvalue weighted by Crippen LogP contribution is 2.17. The van der Waals surface area contributed by atoms with Crippen LogP contribution in [-0.4, -0.2) is 23.0 Å². The molecule has 0 unspecified atom stereocenters. The number of nitrogens with one attached hydrogen (secondary N) is 1. The molecule has 100 valence electrons. The van der Waals surface area contributed by atoms with Crippen molar-refractivity contribution in [1.82, 2.24) is 0 Å². The molecule has 1 aromatic carbocycles. The lowest BCUT2D eigenvalue weighted by atomic mass is 10.1. The van der Waals surface area contributed by atoms with E-state index in [0.29, 0.717) is 17.2 Å². The van der Waals surface area contributed by atoms with Crippen LogP contribution in [0.5, 0.6) is 0 Å². The molecule has 0 aliphatic carbocycles. The summed E-state index contributed by atoms with van der Waals surface area (Å²) >= 11 is 1.47. The van der Waals surface area contributed by atoms with Gasteiger partial charge in [-0.15, -0.1) is 0 Å². The molecule has 1 aromatic rings. The van der Waals surface area contributed by atoms with Gasteiger partial charge in [0.05, 0.1) is 5.75 Å². The van der Waals surface area contributed by atoms with Crippen LogP contribution in [0.2, 0.25) is 0 Å². The van der Waals surface area contributed by atoms with E-state index >= 15 is 0 Å². The van der Waals surface area contributed by atoms with E-state index in [1.807, 2.05) is 20.8 Å². The summed E-state index contributed by atoms with van der Waals surface area (Å²) in [6.07, 6.45) is 0. The van der Waals surface area contributed by atoms with E-state index in [4.69, 9.17) is 5.73 Å². The molecule has 0 heterocycles. The molecule has 0 spiro atoms. The lowest BCUT2D eigenvalue weighted by Crippen LogP contribution is -2.35. The van der Waals surface area contributed by atoms with E-state index in [-0.39, 0.29) is 17.3 Å². The first-order chi connectivity index (χ1) is 8.28. The zero-order valence-corrected chi connectivity index (χ0v) is 11.7. The minimum atomic E-state index is -0.355. The highest BCUT2D eigenvalue weighted by atomic mass is 32.2. The van der Waals surface area contributed by atoms with Crippen molar-refractivity contribution in [3.8, 4) is 0 Å². The van der Waals surface area contributed by atoms with Gasteiger partial charge in [0.2, 0.25) is 5.91 Å². The molecule has 3 nitrogen and oxygen atoms in total. The summed E-state index contributed by atoms with van der Waals surface area (Å²) < 4.78 is 13.0. The van der Waals surface area contributed by atoms with Gasteiger partial charge in [-0.25, -0.2) is 4.39 Å². The van der Waals surface area contributed by atoms with Crippen LogP contribution in [0.25, 0.3) is 0 Å². The van der Waals surface area contributed by atoms with Crippen molar-refractivity contribution in [2.45, 2.75) is 26.3 Å². The van der Waals surface area contributed by atoms with Gasteiger partial charge in [0.15, 0.2) is 0 Å². The first-order valence-corrected chi connectivity index (χ1v) is 6.86. The monoisotopic (exact) mass is 270 g/mol. The van der Waals surface area contributed by atoms with Crippen LogP contribution < -0.4 is 11.1 Å². The molecule has 1 rings (SSSR count). The molecule has 0 saturated heterocycles. The molecular formula is C13H19FN2OS. The number of anilines is 1. The van der Waals surface area contributed by atoms with Gasteiger partial charge in [0, 0.05) is 17.0 Å². The lowest BCUT2D eigenvalue weighted by molar-refractivity contribution is -0.113. The SMILES string of the molecule is Cc1ccc(F)cc1NC(=O)CSCC(C)(C)N. The molecule has 0 aromatic heterocycles. The fraction of sp³-hybridized carbons (Fsp3) is 0.462. The predicted molar refractivity (Wildman–Crippen MR) is 75.4 cm³/mol. The van der Waals surface area contributed by atoms with Gasteiger partial charge in [-0.1, -0.05) is 6.07 Å². The van der Waals surface area contributed by atoms with Crippen LogP contribution in [0, 0.1) is 12.7 Å². The van der Waals surface area contributed by atoms with E-state index in [1.165, 1.54) is 23.9 Å². The maximum atomic E-state index is 13.0. The summed E-state index contributed by atoms with van der Waals surface area (Å²) in [4.78, 5) is 11.7. The normalized spacial score (nSPS) is 11.4. The first-order valence-electron chi connectivity index (χ1n) is 5.70. The summed E-state index contributed by atoms with van der Waals surface area (Å²) in [5.74, 6) is 0.517. The minimum absolute atomic E-state index is 0.141. The van der Waals surface area contributed by atoms with Crippen LogP contribution in [0.15, 0.2) is 18.2 Å². The van der Waals surface area contributed by atoms with Crippen LogP contribution in [0.1, 0.15) is 19.4 Å². The van der Waals surface area contributed by atoms with Crippen LogP contribution in [0.4, 0.5) is 10.1 Å². The van der Waals surface area contributed by atoms with Crippen molar-refractivity contribution in [2.24, 2.45) is 5.73 Å². The molecule has 0 saturated carbocycles. The highest BCUT2D eigenvalue weighted by Gasteiger charge is 2.12. The Morgan fingerprint density at radius 3 is 2.78 bits per heavy atom. The summed E-state index contributed by atoms with van der Waals surface area (Å²) in [7, 11) is 0. The summed E-state index contributed by atoms with van der Waals surface area (Å²) in [6.45, 7) is 5.65. The maximum absolute atomic E-state index is 13.0. The van der Waals surface area contributed by atoms with Crippen LogP contribution in [0.3, 0.4) is 0 Å². The fourth-order valence-corrected chi connectivity index (χ4v) is 2.21. The number of amides is 1. The molecule has 3 N–H and O–H groups in total. The molecule has 0 bridgehead atoms. The summed E-state index contributed by atoms with van der Waals surface area (Å²) in [5.41, 5.74) is 6.89. The third-order valence-electron chi connectivity index (χ3n) is 2.18. The molecule has 5 heteroatoms. The third-order valence-corrected chi connectivity index (χ3v) is 3.60. The Kier molecular flexibility index (Phi) is 5.16. The van der Waals surface area contributed by atoms with Crippen molar-refractivity contribution in [1.29, 1.82) is 0 Å². The van der Waals surface area contributed by atoms with Gasteiger partial charge in [0.1, 0.15) is 5.82 Å². The van der Waals surface area contributed by atoms with Crippen molar-refractivity contribution >= 4 is 23.4 Å². The number of carbonyl (C=O) groups excluding carboxylic acids is 1. The molecule has 0 aliphatic heterocycles. The predicted octanol–water partition coefficient (Wildman–Crippen LogP) is 2.54. The molecule has 0 radical (unpaired) electrons.